The highest BCUT2D eigenvalue weighted by atomic mass is 16.6. The van der Waals surface area contributed by atoms with Crippen molar-refractivity contribution < 1.29 is 9.53 Å². The molecule has 1 unspecified atom stereocenters. The summed E-state index contributed by atoms with van der Waals surface area (Å²) in [5.41, 5.74) is 0. The van der Waals surface area contributed by atoms with Gasteiger partial charge in [-0.15, -0.1) is 0 Å². The van der Waals surface area contributed by atoms with Gasteiger partial charge in [0.1, 0.15) is 5.75 Å². The molecule has 3 nitrogen and oxygen atoms in total. The summed E-state index contributed by atoms with van der Waals surface area (Å²) < 4.78 is 5.33. The summed E-state index contributed by atoms with van der Waals surface area (Å²) in [4.78, 5) is 13.7. The van der Waals surface area contributed by atoms with E-state index in [9.17, 15) is 4.79 Å². The number of hydrogen-bond acceptors (Lipinski definition) is 2. The Morgan fingerprint density at radius 3 is 2.78 bits per heavy atom. The first-order valence-corrected chi connectivity index (χ1v) is 6.21. The molecule has 1 aliphatic rings. The molecule has 2 rings (SSSR count). The van der Waals surface area contributed by atoms with E-state index in [0.717, 1.165) is 12.8 Å². The van der Waals surface area contributed by atoms with Crippen LogP contribution in [0.15, 0.2) is 54.8 Å². The molecule has 1 atom stereocenters. The van der Waals surface area contributed by atoms with Crippen molar-refractivity contribution in [2.24, 2.45) is 0 Å². The van der Waals surface area contributed by atoms with Gasteiger partial charge in [-0.2, -0.15) is 0 Å². The van der Waals surface area contributed by atoms with E-state index in [4.69, 9.17) is 4.74 Å². The zero-order chi connectivity index (χ0) is 12.8. The van der Waals surface area contributed by atoms with E-state index in [1.165, 1.54) is 0 Å². The molecule has 0 spiro atoms. The van der Waals surface area contributed by atoms with E-state index in [2.05, 4.69) is 6.92 Å². The minimum atomic E-state index is -0.333. The summed E-state index contributed by atoms with van der Waals surface area (Å²) in [6, 6.07) is 9.22. The topological polar surface area (TPSA) is 29.5 Å². The third kappa shape index (κ3) is 3.00. The lowest BCUT2D eigenvalue weighted by Gasteiger charge is -2.27. The molecular formula is C15H17NO2. The number of amides is 1. The quantitative estimate of drug-likeness (QED) is 0.809. The standard InChI is InChI=1S/C15H17NO2/c1-2-8-13-9-6-7-12-16(13)15(17)18-14-10-4-3-5-11-14/h3-7,9-13H,2,8H2,1H3. The van der Waals surface area contributed by atoms with Crippen LogP contribution in [-0.4, -0.2) is 17.0 Å². The summed E-state index contributed by atoms with van der Waals surface area (Å²) in [5.74, 6) is 0.570. The zero-order valence-corrected chi connectivity index (χ0v) is 10.5. The molecule has 0 aliphatic carbocycles. The van der Waals surface area contributed by atoms with Gasteiger partial charge in [0.2, 0.25) is 0 Å². The van der Waals surface area contributed by atoms with Crippen LogP contribution >= 0.6 is 0 Å². The molecule has 1 aromatic carbocycles. The maximum atomic E-state index is 12.1. The Bertz CT molecular complexity index is 451. The van der Waals surface area contributed by atoms with Crippen molar-refractivity contribution in [2.75, 3.05) is 0 Å². The van der Waals surface area contributed by atoms with E-state index in [-0.39, 0.29) is 12.1 Å². The van der Waals surface area contributed by atoms with Gasteiger partial charge in [0.05, 0.1) is 6.04 Å². The minimum Gasteiger partial charge on any atom is -0.410 e. The fourth-order valence-corrected chi connectivity index (χ4v) is 1.91. The molecule has 0 saturated carbocycles. The first-order valence-electron chi connectivity index (χ1n) is 6.21. The number of carbonyl (C=O) groups is 1. The molecule has 1 heterocycles. The summed E-state index contributed by atoms with van der Waals surface area (Å²) in [6.45, 7) is 2.10. The number of benzene rings is 1. The van der Waals surface area contributed by atoms with E-state index < -0.39 is 0 Å². The number of ether oxygens (including phenoxy) is 1. The predicted molar refractivity (Wildman–Crippen MR) is 71.3 cm³/mol. The van der Waals surface area contributed by atoms with Crippen molar-refractivity contribution in [1.82, 2.24) is 4.90 Å². The summed E-state index contributed by atoms with van der Waals surface area (Å²) in [7, 11) is 0. The van der Waals surface area contributed by atoms with Gasteiger partial charge in [0.15, 0.2) is 0 Å². The zero-order valence-electron chi connectivity index (χ0n) is 10.5. The van der Waals surface area contributed by atoms with Crippen LogP contribution < -0.4 is 4.74 Å². The lowest BCUT2D eigenvalue weighted by molar-refractivity contribution is 0.159. The van der Waals surface area contributed by atoms with E-state index in [0.29, 0.717) is 5.75 Å². The maximum Gasteiger partial charge on any atom is 0.419 e. The molecule has 0 saturated heterocycles. The Hall–Kier alpha value is -2.03. The van der Waals surface area contributed by atoms with Crippen LogP contribution in [-0.2, 0) is 0 Å². The highest BCUT2D eigenvalue weighted by Crippen LogP contribution is 2.17. The maximum absolute atomic E-state index is 12.1. The van der Waals surface area contributed by atoms with Crippen LogP contribution in [0, 0.1) is 0 Å². The lowest BCUT2D eigenvalue weighted by atomic mass is 10.1. The summed E-state index contributed by atoms with van der Waals surface area (Å²) >= 11 is 0. The number of nitrogens with zero attached hydrogens (tertiary/aromatic N) is 1. The summed E-state index contributed by atoms with van der Waals surface area (Å²) in [6.07, 6.45) is 9.23. The average molecular weight is 243 g/mol. The molecule has 1 aliphatic heterocycles. The number of hydrogen-bond donors (Lipinski definition) is 0. The molecule has 0 fully saturated rings. The van der Waals surface area contributed by atoms with Crippen molar-refractivity contribution in [1.29, 1.82) is 0 Å². The molecule has 0 aromatic heterocycles. The van der Waals surface area contributed by atoms with E-state index in [1.54, 1.807) is 23.2 Å². The molecule has 94 valence electrons. The van der Waals surface area contributed by atoms with Crippen LogP contribution in [0.1, 0.15) is 19.8 Å². The third-order valence-corrected chi connectivity index (χ3v) is 2.79. The molecular weight excluding hydrogens is 226 g/mol. The average Bonchev–Trinajstić information content (AvgIpc) is 2.41. The van der Waals surface area contributed by atoms with Gasteiger partial charge < -0.3 is 4.74 Å². The Labute approximate surface area is 107 Å². The number of para-hydroxylation sites is 1. The molecule has 1 amide bonds. The highest BCUT2D eigenvalue weighted by Gasteiger charge is 2.22. The Balaban J connectivity index is 2.03. The second-order valence-corrected chi connectivity index (χ2v) is 4.17. The molecule has 3 heteroatoms. The van der Waals surface area contributed by atoms with E-state index >= 15 is 0 Å². The predicted octanol–water partition coefficient (Wildman–Crippen LogP) is 3.74. The molecule has 0 radical (unpaired) electrons. The fraction of sp³-hybridized carbons (Fsp3) is 0.267. The fourth-order valence-electron chi connectivity index (χ4n) is 1.91. The smallest absolute Gasteiger partial charge is 0.410 e. The van der Waals surface area contributed by atoms with Crippen molar-refractivity contribution in [3.63, 3.8) is 0 Å². The van der Waals surface area contributed by atoms with Crippen LogP contribution in [0.3, 0.4) is 0 Å². The van der Waals surface area contributed by atoms with Crippen LogP contribution in [0.2, 0.25) is 0 Å². The molecule has 18 heavy (non-hydrogen) atoms. The van der Waals surface area contributed by atoms with Gasteiger partial charge in [0.25, 0.3) is 0 Å². The van der Waals surface area contributed by atoms with Gasteiger partial charge in [-0.3, -0.25) is 4.90 Å². The SMILES string of the molecule is CCCC1C=CC=CN1C(=O)Oc1ccccc1. The number of rotatable bonds is 3. The van der Waals surface area contributed by atoms with Crippen LogP contribution in [0.5, 0.6) is 5.75 Å². The third-order valence-electron chi connectivity index (χ3n) is 2.79. The van der Waals surface area contributed by atoms with Crippen LogP contribution in [0.4, 0.5) is 4.79 Å². The van der Waals surface area contributed by atoms with Crippen molar-refractivity contribution in [2.45, 2.75) is 25.8 Å². The normalized spacial score (nSPS) is 17.8. The number of carbonyl (C=O) groups excluding carboxylic acids is 1. The Kier molecular flexibility index (Phi) is 4.18. The van der Waals surface area contributed by atoms with Gasteiger partial charge in [-0.05, 0) is 24.6 Å². The van der Waals surface area contributed by atoms with Crippen molar-refractivity contribution in [3.05, 3.63) is 54.8 Å². The highest BCUT2D eigenvalue weighted by molar-refractivity contribution is 5.72. The van der Waals surface area contributed by atoms with E-state index in [1.807, 2.05) is 36.4 Å². The van der Waals surface area contributed by atoms with Crippen molar-refractivity contribution in [3.8, 4) is 5.75 Å². The Morgan fingerprint density at radius 1 is 1.28 bits per heavy atom. The van der Waals surface area contributed by atoms with Gasteiger partial charge >= 0.3 is 6.09 Å². The largest absolute Gasteiger partial charge is 0.419 e. The number of allylic oxidation sites excluding steroid dienone is 2. The van der Waals surface area contributed by atoms with Crippen LogP contribution in [0.25, 0.3) is 0 Å². The molecule has 0 bridgehead atoms. The minimum absolute atomic E-state index is 0.0937. The Morgan fingerprint density at radius 2 is 2.06 bits per heavy atom. The lowest BCUT2D eigenvalue weighted by Crippen LogP contribution is -2.37. The van der Waals surface area contributed by atoms with Crippen molar-refractivity contribution >= 4 is 6.09 Å². The van der Waals surface area contributed by atoms with Gasteiger partial charge in [0, 0.05) is 6.20 Å². The molecule has 1 aromatic rings. The first-order chi connectivity index (χ1) is 8.81. The second-order valence-electron chi connectivity index (χ2n) is 4.17. The monoisotopic (exact) mass is 243 g/mol. The summed E-state index contributed by atoms with van der Waals surface area (Å²) in [5, 5.41) is 0. The van der Waals surface area contributed by atoms with Gasteiger partial charge in [-0.1, -0.05) is 43.7 Å². The van der Waals surface area contributed by atoms with Gasteiger partial charge in [-0.25, -0.2) is 4.79 Å². The first kappa shape index (κ1) is 12.4. The second kappa shape index (κ2) is 6.05. The molecule has 0 N–H and O–H groups in total.